The van der Waals surface area contributed by atoms with Crippen molar-refractivity contribution in [2.45, 2.75) is 37.8 Å². The van der Waals surface area contributed by atoms with E-state index >= 15 is 0 Å². The number of nitrogens with zero attached hydrogens (tertiary/aromatic N) is 4. The highest BCUT2D eigenvalue weighted by molar-refractivity contribution is 7.19. The molecule has 2 saturated heterocycles. The molecule has 31 heavy (non-hydrogen) atoms. The SMILES string of the molecule is NC(=O)c1ccn(C(=O)N2CCC3(CCCN3Cc3cc4ccc(N)cc4s3)CC2)n1. The second-order valence-corrected chi connectivity index (χ2v) is 9.71. The number of primary amides is 1. The number of aromatic nitrogens is 2. The third-order valence-corrected chi connectivity index (χ3v) is 7.77. The molecule has 0 saturated carbocycles. The van der Waals surface area contributed by atoms with Gasteiger partial charge in [-0.05, 0) is 61.9 Å². The molecule has 0 aliphatic carbocycles. The maximum atomic E-state index is 12.8. The predicted molar refractivity (Wildman–Crippen MR) is 121 cm³/mol. The molecule has 1 aromatic carbocycles. The summed E-state index contributed by atoms with van der Waals surface area (Å²) in [6.07, 6.45) is 5.75. The average molecular weight is 439 g/mol. The van der Waals surface area contributed by atoms with E-state index in [2.05, 4.69) is 22.1 Å². The first-order valence-electron chi connectivity index (χ1n) is 10.6. The molecule has 3 aromatic rings. The maximum absolute atomic E-state index is 12.8. The molecule has 0 bridgehead atoms. The van der Waals surface area contributed by atoms with Gasteiger partial charge in [0, 0.05) is 46.6 Å². The number of nitrogens with two attached hydrogens (primary N) is 2. The summed E-state index contributed by atoms with van der Waals surface area (Å²) in [7, 11) is 0. The number of fused-ring (bicyclic) bond motifs is 1. The number of nitrogen functional groups attached to an aromatic ring is 1. The Morgan fingerprint density at radius 1 is 1.10 bits per heavy atom. The number of hydrogen-bond acceptors (Lipinski definition) is 6. The fourth-order valence-electron chi connectivity index (χ4n) is 5.00. The summed E-state index contributed by atoms with van der Waals surface area (Å²) < 4.78 is 2.45. The number of likely N-dealkylation sites (tertiary alicyclic amines) is 2. The van der Waals surface area contributed by atoms with E-state index in [-0.39, 0.29) is 17.3 Å². The zero-order valence-corrected chi connectivity index (χ0v) is 18.1. The summed E-state index contributed by atoms with van der Waals surface area (Å²) in [5, 5.41) is 5.25. The van der Waals surface area contributed by atoms with Gasteiger partial charge in [-0.2, -0.15) is 9.78 Å². The van der Waals surface area contributed by atoms with Crippen LogP contribution in [0.15, 0.2) is 36.5 Å². The van der Waals surface area contributed by atoms with Crippen molar-refractivity contribution in [3.8, 4) is 0 Å². The van der Waals surface area contributed by atoms with Gasteiger partial charge in [0.05, 0.1) is 0 Å². The maximum Gasteiger partial charge on any atom is 0.344 e. The molecule has 0 radical (unpaired) electrons. The lowest BCUT2D eigenvalue weighted by molar-refractivity contribution is 0.0592. The molecule has 4 N–H and O–H groups in total. The standard InChI is InChI=1S/C22H26N6O2S/c23-16-3-2-15-12-17(31-19(15)13-16)14-27-8-1-5-22(27)6-10-26(11-7-22)21(30)28-9-4-18(25-28)20(24)29/h2-4,9,12-13H,1,5-8,10-11,14,23H2,(H2,24,29). The summed E-state index contributed by atoms with van der Waals surface area (Å²) in [6.45, 7) is 3.40. The fraction of sp³-hybridized carbons (Fsp3) is 0.409. The van der Waals surface area contributed by atoms with Crippen molar-refractivity contribution in [3.63, 3.8) is 0 Å². The van der Waals surface area contributed by atoms with Crippen molar-refractivity contribution in [3.05, 3.63) is 47.1 Å². The van der Waals surface area contributed by atoms with Gasteiger partial charge in [0.1, 0.15) is 0 Å². The lowest BCUT2D eigenvalue weighted by atomic mass is 9.85. The third kappa shape index (κ3) is 3.68. The summed E-state index contributed by atoms with van der Waals surface area (Å²) >= 11 is 1.82. The Hall–Kier alpha value is -2.91. The number of thiophene rings is 1. The number of piperidine rings is 1. The van der Waals surface area contributed by atoms with Gasteiger partial charge in [0.25, 0.3) is 5.91 Å². The van der Waals surface area contributed by atoms with E-state index < -0.39 is 5.91 Å². The van der Waals surface area contributed by atoms with Crippen LogP contribution in [0.1, 0.15) is 41.0 Å². The van der Waals surface area contributed by atoms with Crippen LogP contribution in [0.4, 0.5) is 10.5 Å². The number of carbonyl (C=O) groups excluding carboxylic acids is 2. The highest BCUT2D eigenvalue weighted by Crippen LogP contribution is 2.40. The van der Waals surface area contributed by atoms with Crippen LogP contribution < -0.4 is 11.5 Å². The molecule has 0 atom stereocenters. The first-order chi connectivity index (χ1) is 14.9. The molecular formula is C22H26N6O2S. The summed E-state index contributed by atoms with van der Waals surface area (Å²) in [5.74, 6) is -0.630. The minimum atomic E-state index is -0.630. The van der Waals surface area contributed by atoms with Gasteiger partial charge in [0.2, 0.25) is 0 Å². The van der Waals surface area contributed by atoms with Gasteiger partial charge in [-0.1, -0.05) is 6.07 Å². The van der Waals surface area contributed by atoms with E-state index in [1.807, 2.05) is 28.4 Å². The molecule has 4 heterocycles. The monoisotopic (exact) mass is 438 g/mol. The molecule has 2 fully saturated rings. The van der Waals surface area contributed by atoms with E-state index in [1.165, 1.54) is 44.7 Å². The lowest BCUT2D eigenvalue weighted by Crippen LogP contribution is -2.53. The predicted octanol–water partition coefficient (Wildman–Crippen LogP) is 2.88. The molecule has 1 spiro atoms. The van der Waals surface area contributed by atoms with Gasteiger partial charge >= 0.3 is 6.03 Å². The van der Waals surface area contributed by atoms with Crippen LogP contribution in [0, 0.1) is 0 Å². The summed E-state index contributed by atoms with van der Waals surface area (Å²) in [6, 6.07) is 9.64. The molecule has 0 unspecified atom stereocenters. The van der Waals surface area contributed by atoms with E-state index in [0.717, 1.165) is 31.6 Å². The van der Waals surface area contributed by atoms with Crippen LogP contribution in [-0.4, -0.2) is 56.7 Å². The summed E-state index contributed by atoms with van der Waals surface area (Å²) in [4.78, 5) is 29.8. The molecule has 2 amide bonds. The fourth-order valence-corrected chi connectivity index (χ4v) is 6.13. The van der Waals surface area contributed by atoms with Crippen molar-refractivity contribution in [1.29, 1.82) is 0 Å². The Morgan fingerprint density at radius 3 is 2.65 bits per heavy atom. The molecule has 9 heteroatoms. The van der Waals surface area contributed by atoms with Crippen LogP contribution in [0.2, 0.25) is 0 Å². The second-order valence-electron chi connectivity index (χ2n) is 8.54. The Kier molecular flexibility index (Phi) is 4.94. The van der Waals surface area contributed by atoms with Crippen LogP contribution >= 0.6 is 11.3 Å². The number of benzene rings is 1. The number of anilines is 1. The number of hydrogen-bond donors (Lipinski definition) is 2. The zero-order valence-electron chi connectivity index (χ0n) is 17.3. The van der Waals surface area contributed by atoms with E-state index in [9.17, 15) is 9.59 Å². The van der Waals surface area contributed by atoms with Gasteiger partial charge in [-0.3, -0.25) is 9.69 Å². The van der Waals surface area contributed by atoms with Gasteiger partial charge < -0.3 is 16.4 Å². The van der Waals surface area contributed by atoms with E-state index in [0.29, 0.717) is 13.1 Å². The number of amides is 2. The van der Waals surface area contributed by atoms with Crippen molar-refractivity contribution in [2.75, 3.05) is 25.4 Å². The molecule has 162 valence electrons. The Labute approximate surface area is 184 Å². The van der Waals surface area contributed by atoms with Crippen LogP contribution in [0.5, 0.6) is 0 Å². The summed E-state index contributed by atoms with van der Waals surface area (Å²) in [5.41, 5.74) is 12.2. The minimum absolute atomic E-state index is 0.105. The smallest absolute Gasteiger partial charge is 0.344 e. The molecule has 2 aliphatic rings. The van der Waals surface area contributed by atoms with Gasteiger partial charge in [-0.15, -0.1) is 11.3 Å². The number of carbonyl (C=O) groups is 2. The molecule has 2 aromatic heterocycles. The Bertz CT molecular complexity index is 1140. The van der Waals surface area contributed by atoms with E-state index in [4.69, 9.17) is 11.5 Å². The molecule has 2 aliphatic heterocycles. The highest BCUT2D eigenvalue weighted by Gasteiger charge is 2.44. The zero-order chi connectivity index (χ0) is 21.6. The molecule has 5 rings (SSSR count). The van der Waals surface area contributed by atoms with Crippen LogP contribution in [-0.2, 0) is 6.54 Å². The topological polar surface area (TPSA) is 110 Å². The van der Waals surface area contributed by atoms with Gasteiger partial charge in [-0.25, -0.2) is 4.79 Å². The van der Waals surface area contributed by atoms with Gasteiger partial charge in [0.15, 0.2) is 5.69 Å². The Balaban J connectivity index is 1.26. The largest absolute Gasteiger partial charge is 0.399 e. The van der Waals surface area contributed by atoms with Crippen LogP contribution in [0.25, 0.3) is 10.1 Å². The average Bonchev–Trinajstić information content (AvgIpc) is 3.47. The second kappa shape index (κ2) is 7.65. The Morgan fingerprint density at radius 2 is 1.90 bits per heavy atom. The van der Waals surface area contributed by atoms with E-state index in [1.54, 1.807) is 0 Å². The highest BCUT2D eigenvalue weighted by atomic mass is 32.1. The number of rotatable bonds is 3. The minimum Gasteiger partial charge on any atom is -0.399 e. The first-order valence-corrected chi connectivity index (χ1v) is 11.4. The van der Waals surface area contributed by atoms with Crippen LogP contribution in [0.3, 0.4) is 0 Å². The van der Waals surface area contributed by atoms with Crippen molar-refractivity contribution in [2.24, 2.45) is 5.73 Å². The van der Waals surface area contributed by atoms with Crippen molar-refractivity contribution < 1.29 is 9.59 Å². The molecule has 8 nitrogen and oxygen atoms in total. The first kappa shape index (κ1) is 20.0. The van der Waals surface area contributed by atoms with Crippen molar-refractivity contribution in [1.82, 2.24) is 19.6 Å². The third-order valence-electron chi connectivity index (χ3n) is 6.69. The molecular weight excluding hydrogens is 412 g/mol. The normalized spacial score (nSPS) is 18.8. The van der Waals surface area contributed by atoms with Crippen molar-refractivity contribution >= 4 is 39.0 Å². The quantitative estimate of drug-likeness (QED) is 0.611. The lowest BCUT2D eigenvalue weighted by Gasteiger charge is -2.44.